The molecule has 0 unspecified atom stereocenters. The molecule has 0 aromatic heterocycles. The van der Waals surface area contributed by atoms with E-state index in [0.29, 0.717) is 17.0 Å². The molecule has 0 aliphatic heterocycles. The minimum atomic E-state index is -1.95. The summed E-state index contributed by atoms with van der Waals surface area (Å²) in [6.45, 7) is 2.14. The molecular weight excluding hydrogens is 225 g/mol. The lowest BCUT2D eigenvalue weighted by atomic mass is 10.1. The molecule has 94 valence electrons. The van der Waals surface area contributed by atoms with Gasteiger partial charge in [-0.2, -0.15) is 0 Å². The van der Waals surface area contributed by atoms with E-state index in [-0.39, 0.29) is 6.61 Å². The third-order valence-electron chi connectivity index (χ3n) is 2.25. The van der Waals surface area contributed by atoms with Gasteiger partial charge in [0.2, 0.25) is 0 Å². The van der Waals surface area contributed by atoms with Crippen LogP contribution in [0, 0.1) is 0 Å². The van der Waals surface area contributed by atoms with Gasteiger partial charge in [0, 0.05) is 11.3 Å². The van der Waals surface area contributed by atoms with Crippen LogP contribution in [-0.4, -0.2) is 23.8 Å². The number of nitrogens with one attached hydrogen (secondary N) is 1. The summed E-state index contributed by atoms with van der Waals surface area (Å²) in [5, 5.41) is 11.5. The van der Waals surface area contributed by atoms with E-state index >= 15 is 0 Å². The van der Waals surface area contributed by atoms with Crippen LogP contribution in [0.5, 0.6) is 5.75 Å². The summed E-state index contributed by atoms with van der Waals surface area (Å²) in [7, 11) is 1.48. The highest BCUT2D eigenvalue weighted by molar-refractivity contribution is 5.96. The number of carbonyl (C=O) groups excluding carboxylic acids is 1. The summed E-state index contributed by atoms with van der Waals surface area (Å²) >= 11 is 0. The molecule has 17 heavy (non-hydrogen) atoms. The Morgan fingerprint density at radius 2 is 2.18 bits per heavy atom. The van der Waals surface area contributed by atoms with Gasteiger partial charge in [0.1, 0.15) is 5.75 Å². The lowest BCUT2D eigenvalue weighted by Gasteiger charge is -2.15. The Morgan fingerprint density at radius 3 is 2.65 bits per heavy atom. The fourth-order valence-corrected chi connectivity index (χ4v) is 1.26. The molecule has 0 saturated carbocycles. The summed E-state index contributed by atoms with van der Waals surface area (Å²) in [5.41, 5.74) is -0.994. The van der Waals surface area contributed by atoms with Crippen molar-refractivity contribution in [1.82, 2.24) is 0 Å². The number of alkyl halides is 1. The molecule has 0 atom stereocenters. The van der Waals surface area contributed by atoms with Crippen LogP contribution in [-0.2, 0) is 11.4 Å². The molecule has 1 aromatic carbocycles. The van der Waals surface area contributed by atoms with Crippen LogP contribution in [0.15, 0.2) is 18.2 Å². The lowest BCUT2D eigenvalue weighted by Crippen LogP contribution is -2.32. The van der Waals surface area contributed by atoms with Crippen molar-refractivity contribution in [2.24, 2.45) is 0 Å². The largest absolute Gasteiger partial charge is 0.496 e. The second kappa shape index (κ2) is 5.14. The van der Waals surface area contributed by atoms with Gasteiger partial charge >= 0.3 is 0 Å². The molecule has 0 spiro atoms. The Kier molecular flexibility index (Phi) is 4.07. The van der Waals surface area contributed by atoms with Crippen LogP contribution < -0.4 is 10.1 Å². The predicted octanol–water partition coefficient (Wildman–Crippen LogP) is 1.87. The first-order chi connectivity index (χ1) is 7.88. The number of methoxy groups -OCH3 is 1. The second-order valence-electron chi connectivity index (χ2n) is 4.11. The highest BCUT2D eigenvalue weighted by Crippen LogP contribution is 2.23. The number of rotatable bonds is 4. The normalized spacial score (nSPS) is 11.1. The summed E-state index contributed by atoms with van der Waals surface area (Å²) in [4.78, 5) is 11.4. The molecule has 1 amide bonds. The predicted molar refractivity (Wildman–Crippen MR) is 62.7 cm³/mol. The summed E-state index contributed by atoms with van der Waals surface area (Å²) in [6.07, 6.45) is 0. The molecule has 4 nitrogen and oxygen atoms in total. The number of carbonyl (C=O) groups is 1. The van der Waals surface area contributed by atoms with Gasteiger partial charge in [0.25, 0.3) is 5.91 Å². The molecule has 2 N–H and O–H groups in total. The van der Waals surface area contributed by atoms with E-state index in [9.17, 15) is 9.18 Å². The van der Waals surface area contributed by atoms with Crippen LogP contribution in [0.4, 0.5) is 10.1 Å². The smallest absolute Gasteiger partial charge is 0.261 e. The van der Waals surface area contributed by atoms with E-state index in [2.05, 4.69) is 5.32 Å². The van der Waals surface area contributed by atoms with E-state index in [1.54, 1.807) is 18.2 Å². The monoisotopic (exact) mass is 241 g/mol. The summed E-state index contributed by atoms with van der Waals surface area (Å²) < 4.78 is 18.3. The van der Waals surface area contributed by atoms with Gasteiger partial charge in [-0.3, -0.25) is 4.79 Å². The zero-order valence-corrected chi connectivity index (χ0v) is 10.1. The van der Waals surface area contributed by atoms with Crippen molar-refractivity contribution in [1.29, 1.82) is 0 Å². The fourth-order valence-electron chi connectivity index (χ4n) is 1.26. The van der Waals surface area contributed by atoms with E-state index in [4.69, 9.17) is 9.84 Å². The van der Waals surface area contributed by atoms with Crippen LogP contribution in [0.25, 0.3) is 0 Å². The fraction of sp³-hybridized carbons (Fsp3) is 0.417. The minimum Gasteiger partial charge on any atom is -0.496 e. The molecular formula is C12H16FNO3. The summed E-state index contributed by atoms with van der Waals surface area (Å²) in [6, 6.07) is 4.73. The van der Waals surface area contributed by atoms with Gasteiger partial charge in [0.05, 0.1) is 13.7 Å². The number of amides is 1. The maximum atomic E-state index is 13.3. The van der Waals surface area contributed by atoms with Crippen LogP contribution in [0.1, 0.15) is 19.4 Å². The van der Waals surface area contributed by atoms with Gasteiger partial charge in [-0.1, -0.05) is 0 Å². The van der Waals surface area contributed by atoms with Crippen molar-refractivity contribution < 1.29 is 19.0 Å². The Labute approximate surface area is 99.4 Å². The van der Waals surface area contributed by atoms with Crippen molar-refractivity contribution in [3.8, 4) is 5.75 Å². The van der Waals surface area contributed by atoms with E-state index in [1.807, 2.05) is 0 Å². The Bertz CT molecular complexity index is 413. The summed E-state index contributed by atoms with van der Waals surface area (Å²) in [5.74, 6) is -0.212. The number of hydrogen-bond donors (Lipinski definition) is 2. The number of aliphatic hydroxyl groups excluding tert-OH is 1. The molecule has 0 heterocycles. The molecule has 0 aliphatic carbocycles. The zero-order valence-electron chi connectivity index (χ0n) is 10.1. The molecule has 1 aromatic rings. The highest BCUT2D eigenvalue weighted by Gasteiger charge is 2.26. The second-order valence-corrected chi connectivity index (χ2v) is 4.11. The number of hydrogen-bond acceptors (Lipinski definition) is 3. The van der Waals surface area contributed by atoms with Crippen LogP contribution in [0.3, 0.4) is 0 Å². The molecule has 0 bridgehead atoms. The maximum Gasteiger partial charge on any atom is 0.261 e. The Hall–Kier alpha value is -1.62. The molecule has 1 rings (SSSR count). The number of halogens is 1. The van der Waals surface area contributed by atoms with Gasteiger partial charge in [-0.15, -0.1) is 0 Å². The molecule has 0 fully saturated rings. The highest BCUT2D eigenvalue weighted by atomic mass is 19.1. The molecule has 0 saturated heterocycles. The average molecular weight is 241 g/mol. The lowest BCUT2D eigenvalue weighted by molar-refractivity contribution is -0.125. The van der Waals surface area contributed by atoms with Gasteiger partial charge in [-0.25, -0.2) is 4.39 Å². The third kappa shape index (κ3) is 3.42. The van der Waals surface area contributed by atoms with Crippen molar-refractivity contribution >= 4 is 11.6 Å². The maximum absolute atomic E-state index is 13.3. The Morgan fingerprint density at radius 1 is 1.53 bits per heavy atom. The van der Waals surface area contributed by atoms with E-state index < -0.39 is 11.6 Å². The van der Waals surface area contributed by atoms with E-state index in [1.165, 1.54) is 21.0 Å². The zero-order chi connectivity index (χ0) is 13.1. The van der Waals surface area contributed by atoms with Crippen LogP contribution in [0.2, 0.25) is 0 Å². The van der Waals surface area contributed by atoms with Crippen molar-refractivity contribution in [2.45, 2.75) is 26.1 Å². The first-order valence-corrected chi connectivity index (χ1v) is 5.16. The molecule has 0 radical (unpaired) electrons. The minimum absolute atomic E-state index is 0.216. The number of aliphatic hydroxyl groups is 1. The number of benzene rings is 1. The third-order valence-corrected chi connectivity index (χ3v) is 2.25. The first kappa shape index (κ1) is 13.4. The topological polar surface area (TPSA) is 58.6 Å². The number of ether oxygens (including phenoxy) is 1. The SMILES string of the molecule is COc1ccc(NC(=O)C(C)(C)F)cc1CO. The van der Waals surface area contributed by atoms with Gasteiger partial charge in [-0.05, 0) is 32.0 Å². The standard InChI is InChI=1S/C12H16FNO3/c1-12(2,13)11(16)14-9-4-5-10(17-3)8(6-9)7-15/h4-6,15H,7H2,1-3H3,(H,14,16). The average Bonchev–Trinajstić information content (AvgIpc) is 2.27. The van der Waals surface area contributed by atoms with E-state index in [0.717, 1.165) is 0 Å². The number of anilines is 1. The quantitative estimate of drug-likeness (QED) is 0.846. The van der Waals surface area contributed by atoms with Gasteiger partial charge in [0.15, 0.2) is 5.67 Å². The van der Waals surface area contributed by atoms with Crippen LogP contribution >= 0.6 is 0 Å². The molecule has 5 heteroatoms. The van der Waals surface area contributed by atoms with Crippen molar-refractivity contribution in [3.05, 3.63) is 23.8 Å². The Balaban J connectivity index is 2.90. The van der Waals surface area contributed by atoms with Crippen molar-refractivity contribution in [2.75, 3.05) is 12.4 Å². The first-order valence-electron chi connectivity index (χ1n) is 5.16. The van der Waals surface area contributed by atoms with Crippen molar-refractivity contribution in [3.63, 3.8) is 0 Å². The van der Waals surface area contributed by atoms with Gasteiger partial charge < -0.3 is 15.2 Å². The molecule has 0 aliphatic rings.